The first-order valence-corrected chi connectivity index (χ1v) is 9.29. The maximum absolute atomic E-state index is 5.00. The fraction of sp³-hybridized carbons (Fsp3) is 0.938. The number of fused-ring (bicyclic) bond motifs is 1. The molecule has 0 aromatic carbocycles. The van der Waals surface area contributed by atoms with Gasteiger partial charge in [0.15, 0.2) is 5.17 Å². The van der Waals surface area contributed by atoms with E-state index in [2.05, 4.69) is 19.2 Å². The highest BCUT2D eigenvalue weighted by atomic mass is 32.2. The second kappa shape index (κ2) is 8.18. The highest BCUT2D eigenvalue weighted by Crippen LogP contribution is 2.33. The van der Waals surface area contributed by atoms with Gasteiger partial charge in [-0.2, -0.15) is 0 Å². The number of hydrogen-bond donors (Lipinski definition) is 1. The Morgan fingerprint density at radius 2 is 2.05 bits per heavy atom. The summed E-state index contributed by atoms with van der Waals surface area (Å²) in [6.07, 6.45) is 12.0. The van der Waals surface area contributed by atoms with Gasteiger partial charge in [-0.3, -0.25) is 4.99 Å². The monoisotopic (exact) mass is 282 g/mol. The predicted octanol–water partition coefficient (Wildman–Crippen LogP) is 4.60. The Morgan fingerprint density at radius 1 is 1.21 bits per heavy atom. The number of nitrogens with one attached hydrogen (secondary N) is 1. The Kier molecular flexibility index (Phi) is 6.55. The molecule has 0 radical (unpaired) electrons. The topological polar surface area (TPSA) is 24.4 Å². The molecule has 1 saturated carbocycles. The van der Waals surface area contributed by atoms with Gasteiger partial charge in [0.05, 0.1) is 6.04 Å². The lowest BCUT2D eigenvalue weighted by Crippen LogP contribution is -2.39. The van der Waals surface area contributed by atoms with E-state index in [0.717, 1.165) is 5.92 Å². The van der Waals surface area contributed by atoms with Gasteiger partial charge in [0, 0.05) is 11.8 Å². The average Bonchev–Trinajstić information content (AvgIpc) is 2.45. The summed E-state index contributed by atoms with van der Waals surface area (Å²) in [5.74, 6) is 2.16. The molecule has 3 heteroatoms. The van der Waals surface area contributed by atoms with Gasteiger partial charge in [-0.1, -0.05) is 57.7 Å². The van der Waals surface area contributed by atoms with Crippen molar-refractivity contribution in [2.24, 2.45) is 10.9 Å². The van der Waals surface area contributed by atoms with Crippen LogP contribution in [0.15, 0.2) is 4.99 Å². The Labute approximate surface area is 123 Å². The van der Waals surface area contributed by atoms with Crippen molar-refractivity contribution >= 4 is 16.9 Å². The smallest absolute Gasteiger partial charge is 0.157 e. The van der Waals surface area contributed by atoms with Crippen molar-refractivity contribution < 1.29 is 0 Å². The summed E-state index contributed by atoms with van der Waals surface area (Å²) in [7, 11) is 0. The second-order valence-electron chi connectivity index (χ2n) is 6.13. The van der Waals surface area contributed by atoms with Crippen LogP contribution in [0.5, 0.6) is 0 Å². The number of unbranched alkanes of at least 4 members (excludes halogenated alkanes) is 1. The highest BCUT2D eigenvalue weighted by molar-refractivity contribution is 8.13. The van der Waals surface area contributed by atoms with Crippen LogP contribution in [0.4, 0.5) is 0 Å². The van der Waals surface area contributed by atoms with Crippen molar-refractivity contribution in [2.45, 2.75) is 83.7 Å². The number of aliphatic imine (C=N–C) groups is 1. The Bertz CT molecular complexity index is 290. The predicted molar refractivity (Wildman–Crippen MR) is 87.0 cm³/mol. The molecule has 1 aliphatic heterocycles. The zero-order valence-electron chi connectivity index (χ0n) is 12.7. The van der Waals surface area contributed by atoms with Crippen molar-refractivity contribution in [1.82, 2.24) is 5.32 Å². The molecule has 2 nitrogen and oxygen atoms in total. The lowest BCUT2D eigenvalue weighted by Gasteiger charge is -2.34. The van der Waals surface area contributed by atoms with Gasteiger partial charge in [-0.15, -0.1) is 0 Å². The van der Waals surface area contributed by atoms with Crippen LogP contribution in [-0.2, 0) is 0 Å². The van der Waals surface area contributed by atoms with E-state index in [9.17, 15) is 0 Å². The maximum Gasteiger partial charge on any atom is 0.157 e. The molecule has 1 heterocycles. The van der Waals surface area contributed by atoms with Crippen LogP contribution >= 0.6 is 11.8 Å². The first-order valence-electron chi connectivity index (χ1n) is 8.30. The summed E-state index contributed by atoms with van der Waals surface area (Å²) < 4.78 is 0. The molecule has 1 N–H and O–H groups in total. The molecule has 0 aromatic heterocycles. The van der Waals surface area contributed by atoms with Gasteiger partial charge in [-0.05, 0) is 31.6 Å². The van der Waals surface area contributed by atoms with E-state index >= 15 is 0 Å². The first-order chi connectivity index (χ1) is 9.33. The lowest BCUT2D eigenvalue weighted by molar-refractivity contribution is 0.335. The molecule has 0 bridgehead atoms. The minimum atomic E-state index is 0.631. The summed E-state index contributed by atoms with van der Waals surface area (Å²) in [6, 6.07) is 1.28. The van der Waals surface area contributed by atoms with Gasteiger partial charge in [0.1, 0.15) is 0 Å². The Balaban J connectivity index is 1.87. The summed E-state index contributed by atoms with van der Waals surface area (Å²) in [5, 5.41) is 4.99. The minimum absolute atomic E-state index is 0.631. The second-order valence-corrected chi connectivity index (χ2v) is 7.14. The van der Waals surface area contributed by atoms with E-state index in [1.54, 1.807) is 0 Å². The summed E-state index contributed by atoms with van der Waals surface area (Å²) in [5.41, 5.74) is 0. The van der Waals surface area contributed by atoms with E-state index in [1.807, 2.05) is 11.8 Å². The largest absolute Gasteiger partial charge is 0.362 e. The van der Waals surface area contributed by atoms with Crippen molar-refractivity contribution in [3.05, 3.63) is 0 Å². The van der Waals surface area contributed by atoms with Gasteiger partial charge in [-0.25, -0.2) is 0 Å². The molecular weight excluding hydrogens is 252 g/mol. The van der Waals surface area contributed by atoms with Crippen LogP contribution < -0.4 is 5.32 Å². The standard InChI is InChI=1S/C16H30N2S/c1-3-5-10-14(8-4-2)17-16-18-15-11-7-6-9-13(15)12-19-16/h13-15H,3-12H2,1-2H3,(H,17,18). The van der Waals surface area contributed by atoms with Crippen molar-refractivity contribution in [2.75, 3.05) is 5.75 Å². The molecule has 2 rings (SSSR count). The van der Waals surface area contributed by atoms with Gasteiger partial charge in [0.25, 0.3) is 0 Å². The van der Waals surface area contributed by atoms with Crippen LogP contribution in [0.25, 0.3) is 0 Å². The summed E-state index contributed by atoms with van der Waals surface area (Å²) in [6.45, 7) is 4.57. The zero-order chi connectivity index (χ0) is 13.5. The SMILES string of the molecule is CCCCC(CCC)NC1=NC2CCCCC2CS1. The number of rotatable bonds is 6. The fourth-order valence-electron chi connectivity index (χ4n) is 3.27. The van der Waals surface area contributed by atoms with Gasteiger partial charge >= 0.3 is 0 Å². The van der Waals surface area contributed by atoms with Crippen LogP contribution in [-0.4, -0.2) is 23.0 Å². The number of nitrogens with zero attached hydrogens (tertiary/aromatic N) is 1. The van der Waals surface area contributed by atoms with Gasteiger partial charge in [0.2, 0.25) is 0 Å². The molecule has 0 saturated heterocycles. The quantitative estimate of drug-likeness (QED) is 0.770. The van der Waals surface area contributed by atoms with E-state index in [1.165, 1.54) is 68.7 Å². The van der Waals surface area contributed by atoms with Crippen molar-refractivity contribution in [3.8, 4) is 0 Å². The van der Waals surface area contributed by atoms with Gasteiger partial charge < -0.3 is 5.32 Å². The van der Waals surface area contributed by atoms with E-state index < -0.39 is 0 Å². The molecule has 0 aromatic rings. The van der Waals surface area contributed by atoms with E-state index in [0.29, 0.717) is 12.1 Å². The third-order valence-electron chi connectivity index (χ3n) is 4.46. The first kappa shape index (κ1) is 15.2. The van der Waals surface area contributed by atoms with Crippen LogP contribution in [0.2, 0.25) is 0 Å². The molecular formula is C16H30N2S. The van der Waals surface area contributed by atoms with E-state index in [-0.39, 0.29) is 0 Å². The van der Waals surface area contributed by atoms with Crippen molar-refractivity contribution in [3.63, 3.8) is 0 Å². The van der Waals surface area contributed by atoms with Crippen LogP contribution in [0.1, 0.15) is 71.6 Å². The highest BCUT2D eigenvalue weighted by Gasteiger charge is 2.29. The number of amidine groups is 1. The van der Waals surface area contributed by atoms with Crippen molar-refractivity contribution in [1.29, 1.82) is 0 Å². The molecule has 1 fully saturated rings. The summed E-state index contributed by atoms with van der Waals surface area (Å²) in [4.78, 5) is 5.00. The fourth-order valence-corrected chi connectivity index (χ4v) is 4.49. The molecule has 0 spiro atoms. The maximum atomic E-state index is 5.00. The molecule has 1 aliphatic carbocycles. The normalized spacial score (nSPS) is 28.4. The van der Waals surface area contributed by atoms with Crippen LogP contribution in [0, 0.1) is 5.92 Å². The molecule has 3 atom stereocenters. The average molecular weight is 282 g/mol. The molecule has 110 valence electrons. The Hall–Kier alpha value is -0.180. The lowest BCUT2D eigenvalue weighted by atomic mass is 9.86. The molecule has 0 amide bonds. The van der Waals surface area contributed by atoms with E-state index in [4.69, 9.17) is 4.99 Å². The Morgan fingerprint density at radius 3 is 2.84 bits per heavy atom. The minimum Gasteiger partial charge on any atom is -0.362 e. The third-order valence-corrected chi connectivity index (χ3v) is 5.55. The third kappa shape index (κ3) is 4.70. The summed E-state index contributed by atoms with van der Waals surface area (Å²) >= 11 is 1.98. The molecule has 2 aliphatic rings. The molecule has 19 heavy (non-hydrogen) atoms. The molecule has 3 unspecified atom stereocenters. The number of thioether (sulfide) groups is 1. The zero-order valence-corrected chi connectivity index (χ0v) is 13.5. The number of hydrogen-bond acceptors (Lipinski definition) is 3. The van der Waals surface area contributed by atoms with Crippen LogP contribution in [0.3, 0.4) is 0 Å².